The SMILES string of the molecule is Cc1cc(Br)cc(NCC2CCCCCC2)c1. The van der Waals surface area contributed by atoms with Crippen LogP contribution in [0.2, 0.25) is 0 Å². The molecule has 0 aliphatic heterocycles. The standard InChI is InChI=1S/C15H22BrN/c1-12-8-14(16)10-15(9-12)17-11-13-6-4-2-3-5-7-13/h8-10,13,17H,2-7,11H2,1H3. The van der Waals surface area contributed by atoms with Crippen LogP contribution in [0.25, 0.3) is 0 Å². The van der Waals surface area contributed by atoms with Crippen LogP contribution in [0.5, 0.6) is 0 Å². The fourth-order valence-electron chi connectivity index (χ4n) is 2.67. The largest absolute Gasteiger partial charge is 0.385 e. The van der Waals surface area contributed by atoms with E-state index < -0.39 is 0 Å². The maximum Gasteiger partial charge on any atom is 0.0354 e. The van der Waals surface area contributed by atoms with Gasteiger partial charge < -0.3 is 5.32 Å². The third-order valence-corrected chi connectivity index (χ3v) is 4.07. The predicted molar refractivity (Wildman–Crippen MR) is 78.6 cm³/mol. The molecule has 0 radical (unpaired) electrons. The number of nitrogens with one attached hydrogen (secondary N) is 1. The average Bonchev–Trinajstić information content (AvgIpc) is 2.53. The monoisotopic (exact) mass is 295 g/mol. The highest BCUT2D eigenvalue weighted by Crippen LogP contribution is 2.24. The zero-order chi connectivity index (χ0) is 12.1. The lowest BCUT2D eigenvalue weighted by atomic mass is 10.0. The molecule has 0 amide bonds. The second kappa shape index (κ2) is 6.44. The van der Waals surface area contributed by atoms with Gasteiger partial charge in [-0.25, -0.2) is 0 Å². The average molecular weight is 296 g/mol. The predicted octanol–water partition coefficient (Wildman–Crippen LogP) is 5.14. The van der Waals surface area contributed by atoms with Crippen LogP contribution >= 0.6 is 15.9 Å². The van der Waals surface area contributed by atoms with Crippen molar-refractivity contribution < 1.29 is 0 Å². The molecule has 1 aromatic rings. The molecule has 0 aromatic heterocycles. The van der Waals surface area contributed by atoms with E-state index in [0.717, 1.165) is 12.5 Å². The molecule has 1 saturated carbocycles. The summed E-state index contributed by atoms with van der Waals surface area (Å²) in [7, 11) is 0. The molecule has 1 aliphatic carbocycles. The smallest absolute Gasteiger partial charge is 0.0354 e. The normalized spacial score (nSPS) is 17.8. The lowest BCUT2D eigenvalue weighted by Gasteiger charge is -2.16. The van der Waals surface area contributed by atoms with Crippen LogP contribution in [0.15, 0.2) is 22.7 Å². The first kappa shape index (κ1) is 12.9. The second-order valence-electron chi connectivity index (χ2n) is 5.26. The van der Waals surface area contributed by atoms with Gasteiger partial charge in [0.05, 0.1) is 0 Å². The Balaban J connectivity index is 1.87. The summed E-state index contributed by atoms with van der Waals surface area (Å²) in [5.41, 5.74) is 2.56. The highest BCUT2D eigenvalue weighted by atomic mass is 79.9. The minimum Gasteiger partial charge on any atom is -0.385 e. The highest BCUT2D eigenvalue weighted by molar-refractivity contribution is 9.10. The minimum absolute atomic E-state index is 0.872. The van der Waals surface area contributed by atoms with Crippen molar-refractivity contribution in [2.45, 2.75) is 45.4 Å². The first-order valence-corrected chi connectivity index (χ1v) is 7.54. The van der Waals surface area contributed by atoms with E-state index >= 15 is 0 Å². The molecule has 0 spiro atoms. The summed E-state index contributed by atoms with van der Waals surface area (Å²) in [5.74, 6) is 0.872. The van der Waals surface area contributed by atoms with Crippen LogP contribution in [0.1, 0.15) is 44.1 Å². The Kier molecular flexibility index (Phi) is 4.90. The number of halogens is 1. The molecule has 0 saturated heterocycles. The van der Waals surface area contributed by atoms with Crippen molar-refractivity contribution in [3.63, 3.8) is 0 Å². The molecular weight excluding hydrogens is 274 g/mol. The molecule has 1 aromatic carbocycles. The van der Waals surface area contributed by atoms with Crippen LogP contribution in [0.3, 0.4) is 0 Å². The Hall–Kier alpha value is -0.500. The maximum atomic E-state index is 3.59. The summed E-state index contributed by atoms with van der Waals surface area (Å²) in [4.78, 5) is 0. The van der Waals surface area contributed by atoms with E-state index in [1.165, 1.54) is 54.2 Å². The van der Waals surface area contributed by atoms with Gasteiger partial charge in [0.1, 0.15) is 0 Å². The molecule has 1 aliphatic rings. The summed E-state index contributed by atoms with van der Waals surface area (Å²) >= 11 is 3.55. The fraction of sp³-hybridized carbons (Fsp3) is 0.600. The van der Waals surface area contributed by atoms with Gasteiger partial charge in [-0.15, -0.1) is 0 Å². The molecule has 0 heterocycles. The quantitative estimate of drug-likeness (QED) is 0.761. The fourth-order valence-corrected chi connectivity index (χ4v) is 3.28. The molecule has 94 valence electrons. The Morgan fingerprint density at radius 1 is 1.12 bits per heavy atom. The zero-order valence-electron chi connectivity index (χ0n) is 10.6. The van der Waals surface area contributed by atoms with E-state index in [9.17, 15) is 0 Å². The maximum absolute atomic E-state index is 3.59. The van der Waals surface area contributed by atoms with E-state index in [2.05, 4.69) is 46.4 Å². The lowest BCUT2D eigenvalue weighted by molar-refractivity contribution is 0.483. The molecule has 1 fully saturated rings. The van der Waals surface area contributed by atoms with Gasteiger partial charge in [0.15, 0.2) is 0 Å². The number of benzene rings is 1. The van der Waals surface area contributed by atoms with Crippen molar-refractivity contribution in [3.05, 3.63) is 28.2 Å². The van der Waals surface area contributed by atoms with E-state index in [1.807, 2.05) is 0 Å². The van der Waals surface area contributed by atoms with Gasteiger partial charge in [-0.05, 0) is 49.4 Å². The summed E-state index contributed by atoms with van der Waals surface area (Å²) in [6.45, 7) is 3.28. The van der Waals surface area contributed by atoms with Gasteiger partial charge in [0.2, 0.25) is 0 Å². The van der Waals surface area contributed by atoms with Crippen LogP contribution in [0.4, 0.5) is 5.69 Å². The van der Waals surface area contributed by atoms with Gasteiger partial charge in [0, 0.05) is 16.7 Å². The van der Waals surface area contributed by atoms with E-state index in [-0.39, 0.29) is 0 Å². The first-order chi connectivity index (χ1) is 8.24. The van der Waals surface area contributed by atoms with Crippen molar-refractivity contribution in [1.29, 1.82) is 0 Å². The summed E-state index contributed by atoms with van der Waals surface area (Å²) in [6, 6.07) is 6.54. The number of hydrogen-bond donors (Lipinski definition) is 1. The molecule has 2 rings (SSSR count). The molecule has 0 atom stereocenters. The minimum atomic E-state index is 0.872. The molecule has 2 heteroatoms. The van der Waals surface area contributed by atoms with Crippen molar-refractivity contribution in [2.75, 3.05) is 11.9 Å². The Morgan fingerprint density at radius 2 is 1.82 bits per heavy atom. The van der Waals surface area contributed by atoms with Crippen LogP contribution < -0.4 is 5.32 Å². The van der Waals surface area contributed by atoms with Crippen molar-refractivity contribution in [2.24, 2.45) is 5.92 Å². The van der Waals surface area contributed by atoms with E-state index in [1.54, 1.807) is 0 Å². The van der Waals surface area contributed by atoms with Crippen molar-refractivity contribution in [1.82, 2.24) is 0 Å². The second-order valence-corrected chi connectivity index (χ2v) is 6.17. The van der Waals surface area contributed by atoms with Gasteiger partial charge in [-0.3, -0.25) is 0 Å². The van der Waals surface area contributed by atoms with Gasteiger partial charge in [-0.1, -0.05) is 41.6 Å². The van der Waals surface area contributed by atoms with Gasteiger partial charge in [0.25, 0.3) is 0 Å². The molecule has 1 N–H and O–H groups in total. The molecule has 0 bridgehead atoms. The number of hydrogen-bond acceptors (Lipinski definition) is 1. The van der Waals surface area contributed by atoms with E-state index in [0.29, 0.717) is 0 Å². The first-order valence-electron chi connectivity index (χ1n) is 6.75. The number of anilines is 1. The summed E-state index contributed by atoms with van der Waals surface area (Å²) in [6.07, 6.45) is 8.52. The molecule has 17 heavy (non-hydrogen) atoms. The van der Waals surface area contributed by atoms with E-state index in [4.69, 9.17) is 0 Å². The van der Waals surface area contributed by atoms with Gasteiger partial charge in [-0.2, -0.15) is 0 Å². The van der Waals surface area contributed by atoms with Crippen LogP contribution in [-0.4, -0.2) is 6.54 Å². The third kappa shape index (κ3) is 4.34. The number of aryl methyl sites for hydroxylation is 1. The van der Waals surface area contributed by atoms with Crippen LogP contribution in [-0.2, 0) is 0 Å². The summed E-state index contributed by atoms with van der Waals surface area (Å²) in [5, 5.41) is 3.59. The number of rotatable bonds is 3. The molecule has 1 nitrogen and oxygen atoms in total. The third-order valence-electron chi connectivity index (χ3n) is 3.61. The van der Waals surface area contributed by atoms with Gasteiger partial charge >= 0.3 is 0 Å². The topological polar surface area (TPSA) is 12.0 Å². The summed E-state index contributed by atoms with van der Waals surface area (Å²) < 4.78 is 1.17. The molecule has 0 unspecified atom stereocenters. The van der Waals surface area contributed by atoms with Crippen molar-refractivity contribution >= 4 is 21.6 Å². The Labute approximate surface area is 113 Å². The lowest BCUT2D eigenvalue weighted by Crippen LogP contribution is -2.13. The van der Waals surface area contributed by atoms with Crippen LogP contribution in [0, 0.1) is 12.8 Å². The molecular formula is C15H22BrN. The Bertz CT molecular complexity index is 334. The van der Waals surface area contributed by atoms with Crippen molar-refractivity contribution in [3.8, 4) is 0 Å². The highest BCUT2D eigenvalue weighted by Gasteiger charge is 2.11. The zero-order valence-corrected chi connectivity index (χ0v) is 12.2. The Morgan fingerprint density at radius 3 is 2.47 bits per heavy atom.